The third kappa shape index (κ3) is 9.76. The first-order valence-corrected chi connectivity index (χ1v) is 7.66. The number of carboxylic acids is 1. The molecule has 0 saturated carbocycles. The Bertz CT molecular complexity index is 522. The summed E-state index contributed by atoms with van der Waals surface area (Å²) in [4.78, 5) is 46.3. The van der Waals surface area contributed by atoms with Crippen molar-refractivity contribution in [2.75, 3.05) is 0 Å². The number of aldehydes is 1. The molecule has 136 valence electrons. The number of alkyl carbamates (subject to hydrolysis) is 1. The van der Waals surface area contributed by atoms with Crippen LogP contribution in [0.4, 0.5) is 4.79 Å². The Morgan fingerprint density at radius 2 is 1.67 bits per heavy atom. The van der Waals surface area contributed by atoms with E-state index in [2.05, 4.69) is 5.32 Å². The minimum Gasteiger partial charge on any atom is -0.481 e. The lowest BCUT2D eigenvalue weighted by atomic mass is 9.89. The summed E-state index contributed by atoms with van der Waals surface area (Å²) in [6.07, 6.45) is 0.542. The number of carbonyl (C=O) groups is 4. The van der Waals surface area contributed by atoms with Crippen molar-refractivity contribution in [3.05, 3.63) is 11.6 Å². The van der Waals surface area contributed by atoms with E-state index in [0.29, 0.717) is 6.29 Å². The lowest BCUT2D eigenvalue weighted by Crippen LogP contribution is -2.45. The van der Waals surface area contributed by atoms with Crippen molar-refractivity contribution in [3.8, 4) is 0 Å². The highest BCUT2D eigenvalue weighted by molar-refractivity contribution is 6.04. The van der Waals surface area contributed by atoms with Crippen molar-refractivity contribution in [1.82, 2.24) is 5.32 Å². The van der Waals surface area contributed by atoms with Gasteiger partial charge in [0.05, 0.1) is 6.42 Å². The van der Waals surface area contributed by atoms with Crippen LogP contribution in [0.5, 0.6) is 0 Å². The minimum atomic E-state index is -1.30. The number of allylic oxidation sites excluding steroid dienone is 1. The van der Waals surface area contributed by atoms with Crippen LogP contribution in [0.15, 0.2) is 11.6 Å². The zero-order chi connectivity index (χ0) is 19.1. The van der Waals surface area contributed by atoms with Gasteiger partial charge in [-0.2, -0.15) is 0 Å². The highest BCUT2D eigenvalue weighted by Gasteiger charge is 2.29. The van der Waals surface area contributed by atoms with Crippen LogP contribution >= 0.6 is 0 Å². The summed E-state index contributed by atoms with van der Waals surface area (Å²) >= 11 is 0. The molecule has 0 saturated heterocycles. The first-order chi connectivity index (χ1) is 10.7. The van der Waals surface area contributed by atoms with E-state index in [1.807, 2.05) is 20.8 Å². The molecule has 7 heteroatoms. The number of ketones is 1. The number of carboxylic acid groups (broad SMARTS) is 1. The lowest BCUT2D eigenvalue weighted by molar-refractivity contribution is -0.139. The van der Waals surface area contributed by atoms with Gasteiger partial charge in [-0.05, 0) is 26.2 Å². The average Bonchev–Trinajstić information content (AvgIpc) is 2.32. The SMILES string of the molecule is CC(C)(C)C=C(CC=O)C(=O)[C@H](CC(=O)O)NC(=O)OC(C)(C)C. The minimum absolute atomic E-state index is 0.151. The van der Waals surface area contributed by atoms with Gasteiger partial charge in [-0.15, -0.1) is 0 Å². The maximum atomic E-state index is 12.6. The Balaban J connectivity index is 5.44. The average molecular weight is 341 g/mol. The number of rotatable bonds is 7. The maximum absolute atomic E-state index is 12.6. The molecule has 0 radical (unpaired) electrons. The van der Waals surface area contributed by atoms with Gasteiger partial charge >= 0.3 is 12.1 Å². The van der Waals surface area contributed by atoms with E-state index in [1.54, 1.807) is 26.8 Å². The van der Waals surface area contributed by atoms with Gasteiger partial charge in [0.15, 0.2) is 5.78 Å². The summed E-state index contributed by atoms with van der Waals surface area (Å²) in [5.41, 5.74) is -0.999. The predicted molar refractivity (Wildman–Crippen MR) is 88.6 cm³/mol. The fourth-order valence-electron chi connectivity index (χ4n) is 1.90. The number of amides is 1. The molecule has 0 fully saturated rings. The van der Waals surface area contributed by atoms with E-state index in [1.165, 1.54) is 0 Å². The first-order valence-electron chi connectivity index (χ1n) is 7.66. The summed E-state index contributed by atoms with van der Waals surface area (Å²) in [5.74, 6) is -1.85. The Morgan fingerprint density at radius 1 is 1.12 bits per heavy atom. The molecule has 0 aliphatic carbocycles. The standard InChI is InChI=1S/C17H27NO6/c1-16(2,3)10-11(7-8-19)14(22)12(9-13(20)21)18-15(23)24-17(4,5)6/h8,10,12H,7,9H2,1-6H3,(H,18,23)(H,20,21)/t12-/m0/s1. The van der Waals surface area contributed by atoms with Crippen LogP contribution in [0.2, 0.25) is 0 Å². The second kappa shape index (κ2) is 8.61. The topological polar surface area (TPSA) is 110 Å². The van der Waals surface area contributed by atoms with E-state index >= 15 is 0 Å². The summed E-state index contributed by atoms with van der Waals surface area (Å²) in [7, 11) is 0. The second-order valence-corrected chi connectivity index (χ2v) is 7.57. The van der Waals surface area contributed by atoms with Crippen LogP contribution in [0.1, 0.15) is 54.4 Å². The van der Waals surface area contributed by atoms with Gasteiger partial charge in [0.1, 0.15) is 17.9 Å². The number of ether oxygens (including phenoxy) is 1. The summed E-state index contributed by atoms with van der Waals surface area (Å²) in [6.45, 7) is 10.5. The van der Waals surface area contributed by atoms with E-state index in [4.69, 9.17) is 9.84 Å². The molecule has 0 bridgehead atoms. The van der Waals surface area contributed by atoms with Crippen molar-refractivity contribution in [2.24, 2.45) is 5.41 Å². The Labute approximate surface area is 142 Å². The van der Waals surface area contributed by atoms with Gasteiger partial charge in [0.25, 0.3) is 0 Å². The lowest BCUT2D eigenvalue weighted by Gasteiger charge is -2.23. The van der Waals surface area contributed by atoms with Crippen molar-refractivity contribution in [1.29, 1.82) is 0 Å². The maximum Gasteiger partial charge on any atom is 0.408 e. The third-order valence-electron chi connectivity index (χ3n) is 2.61. The van der Waals surface area contributed by atoms with Crippen LogP contribution in [0.25, 0.3) is 0 Å². The molecule has 0 rings (SSSR count). The second-order valence-electron chi connectivity index (χ2n) is 7.57. The number of aliphatic carboxylic acids is 1. The third-order valence-corrected chi connectivity index (χ3v) is 2.61. The number of hydrogen-bond donors (Lipinski definition) is 2. The molecule has 1 atom stereocenters. The number of Topliss-reactive ketones (excluding diaryl/α,β-unsaturated/α-hetero) is 1. The number of hydrogen-bond acceptors (Lipinski definition) is 5. The van der Waals surface area contributed by atoms with Crippen LogP contribution in [0, 0.1) is 5.41 Å². The molecule has 1 amide bonds. The summed E-state index contributed by atoms with van der Waals surface area (Å²) < 4.78 is 5.06. The molecule has 0 aliphatic heterocycles. The molecule has 2 N–H and O–H groups in total. The van der Waals surface area contributed by atoms with Crippen molar-refractivity contribution < 1.29 is 29.0 Å². The van der Waals surface area contributed by atoms with Gasteiger partial charge in [0.2, 0.25) is 0 Å². The fraction of sp³-hybridized carbons (Fsp3) is 0.647. The van der Waals surface area contributed by atoms with Gasteiger partial charge in [-0.1, -0.05) is 26.8 Å². The smallest absolute Gasteiger partial charge is 0.408 e. The molecule has 0 aromatic carbocycles. The monoisotopic (exact) mass is 341 g/mol. The van der Waals surface area contributed by atoms with Gasteiger partial charge < -0.3 is 20.0 Å². The first kappa shape index (κ1) is 21.8. The van der Waals surface area contributed by atoms with Crippen LogP contribution in [0.3, 0.4) is 0 Å². The van der Waals surface area contributed by atoms with E-state index in [9.17, 15) is 19.2 Å². The zero-order valence-electron chi connectivity index (χ0n) is 15.1. The molecule has 24 heavy (non-hydrogen) atoms. The fourth-order valence-corrected chi connectivity index (χ4v) is 1.90. The van der Waals surface area contributed by atoms with Crippen LogP contribution < -0.4 is 5.32 Å². The molecule has 0 unspecified atom stereocenters. The number of carbonyl (C=O) groups excluding carboxylic acids is 3. The largest absolute Gasteiger partial charge is 0.481 e. The molecule has 0 heterocycles. The van der Waals surface area contributed by atoms with Crippen molar-refractivity contribution in [2.45, 2.75) is 66.0 Å². The highest BCUT2D eigenvalue weighted by Crippen LogP contribution is 2.21. The Morgan fingerprint density at radius 3 is 2.04 bits per heavy atom. The molecule has 0 aliphatic rings. The molecular formula is C17H27NO6. The van der Waals surface area contributed by atoms with Crippen molar-refractivity contribution in [3.63, 3.8) is 0 Å². The van der Waals surface area contributed by atoms with Crippen LogP contribution in [-0.4, -0.2) is 40.9 Å². The van der Waals surface area contributed by atoms with Gasteiger partial charge in [0, 0.05) is 12.0 Å². The highest BCUT2D eigenvalue weighted by atomic mass is 16.6. The molecule has 0 aromatic rings. The number of nitrogens with one attached hydrogen (secondary N) is 1. The van der Waals surface area contributed by atoms with E-state index in [-0.39, 0.29) is 17.4 Å². The summed E-state index contributed by atoms with van der Waals surface area (Å²) in [6, 6.07) is -1.30. The summed E-state index contributed by atoms with van der Waals surface area (Å²) in [5, 5.41) is 11.3. The quantitative estimate of drug-likeness (QED) is 0.544. The molecule has 7 nitrogen and oxygen atoms in total. The predicted octanol–water partition coefficient (Wildman–Crippen LogP) is 2.49. The van der Waals surface area contributed by atoms with E-state index in [0.717, 1.165) is 0 Å². The molecule has 0 aromatic heterocycles. The Hall–Kier alpha value is -2.18. The van der Waals surface area contributed by atoms with Crippen molar-refractivity contribution >= 4 is 24.1 Å². The van der Waals surface area contributed by atoms with Gasteiger partial charge in [-0.3, -0.25) is 9.59 Å². The van der Waals surface area contributed by atoms with E-state index < -0.39 is 35.9 Å². The van der Waals surface area contributed by atoms with Crippen LogP contribution in [-0.2, 0) is 19.1 Å². The molecular weight excluding hydrogens is 314 g/mol. The zero-order valence-corrected chi connectivity index (χ0v) is 15.1. The molecule has 0 spiro atoms. The Kier molecular flexibility index (Phi) is 7.83. The normalized spacial score (nSPS) is 13.8. The van der Waals surface area contributed by atoms with Gasteiger partial charge in [-0.25, -0.2) is 4.79 Å².